The van der Waals surface area contributed by atoms with Crippen molar-refractivity contribution >= 4 is 5.78 Å². The Morgan fingerprint density at radius 2 is 1.38 bits per heavy atom. The van der Waals surface area contributed by atoms with Gasteiger partial charge in [0.1, 0.15) is 17.3 Å². The summed E-state index contributed by atoms with van der Waals surface area (Å²) in [6.07, 6.45) is -0.174. The fraction of sp³-hybridized carbons (Fsp3) is 0.136. The number of benzene rings is 3. The Balaban J connectivity index is 1.72. The minimum absolute atomic E-state index is 0.174. The topological polar surface area (TPSA) is 26.3 Å². The molecule has 1 aliphatic carbocycles. The summed E-state index contributed by atoms with van der Waals surface area (Å²) < 4.78 is 6.28. The first-order valence-corrected chi connectivity index (χ1v) is 8.24. The maximum atomic E-state index is 13.4. The van der Waals surface area contributed by atoms with E-state index in [1.807, 2.05) is 84.9 Å². The van der Waals surface area contributed by atoms with Gasteiger partial charge in [0.15, 0.2) is 5.78 Å². The van der Waals surface area contributed by atoms with Crippen molar-refractivity contribution in [2.24, 2.45) is 0 Å². The molecule has 2 nitrogen and oxygen atoms in total. The highest BCUT2D eigenvalue weighted by Crippen LogP contribution is 2.60. The summed E-state index contributed by atoms with van der Waals surface area (Å²) in [5.74, 6) is 0.854. The van der Waals surface area contributed by atoms with Gasteiger partial charge in [-0.2, -0.15) is 0 Å². The molecule has 1 aliphatic heterocycles. The van der Waals surface area contributed by atoms with Crippen LogP contribution >= 0.6 is 0 Å². The lowest BCUT2D eigenvalue weighted by Crippen LogP contribution is -2.63. The van der Waals surface area contributed by atoms with Crippen LogP contribution in [0.1, 0.15) is 22.6 Å². The Labute approximate surface area is 140 Å². The van der Waals surface area contributed by atoms with E-state index >= 15 is 0 Å². The lowest BCUT2D eigenvalue weighted by molar-refractivity contribution is -0.140. The van der Waals surface area contributed by atoms with E-state index in [4.69, 9.17) is 4.74 Å². The standard InChI is InChI=1S/C22H16O2/c23-20-19(15-9-3-1-4-10-15)21-22(20,16-11-5-2-6-12-16)17-13-7-8-14-18(17)24-21/h1-14,19,21H. The van der Waals surface area contributed by atoms with Gasteiger partial charge in [-0.25, -0.2) is 0 Å². The van der Waals surface area contributed by atoms with E-state index < -0.39 is 5.41 Å². The third-order valence-electron chi connectivity index (χ3n) is 5.35. The molecule has 2 aliphatic rings. The van der Waals surface area contributed by atoms with E-state index in [1.54, 1.807) is 0 Å². The fourth-order valence-electron chi connectivity index (χ4n) is 4.30. The Morgan fingerprint density at radius 3 is 2.12 bits per heavy atom. The molecule has 0 aromatic heterocycles. The minimum atomic E-state index is -0.668. The van der Waals surface area contributed by atoms with Gasteiger partial charge in [0.25, 0.3) is 0 Å². The van der Waals surface area contributed by atoms with E-state index in [2.05, 4.69) is 0 Å². The number of Topliss-reactive ketones (excluding diaryl/α,β-unsaturated/α-hetero) is 1. The molecule has 24 heavy (non-hydrogen) atoms. The molecular formula is C22H16O2. The van der Waals surface area contributed by atoms with E-state index in [-0.39, 0.29) is 17.8 Å². The average molecular weight is 312 g/mol. The molecule has 0 bridgehead atoms. The Bertz CT molecular complexity index is 917. The van der Waals surface area contributed by atoms with Gasteiger partial charge in [-0.3, -0.25) is 4.79 Å². The molecule has 0 amide bonds. The lowest BCUT2D eigenvalue weighted by atomic mass is 9.52. The second-order valence-electron chi connectivity index (χ2n) is 6.46. The number of carbonyl (C=O) groups excluding carboxylic acids is 1. The highest BCUT2D eigenvalue weighted by molar-refractivity contribution is 6.08. The van der Waals surface area contributed by atoms with Crippen molar-refractivity contribution in [3.8, 4) is 5.75 Å². The molecule has 3 aromatic carbocycles. The fourth-order valence-corrected chi connectivity index (χ4v) is 4.30. The van der Waals surface area contributed by atoms with Crippen LogP contribution in [-0.2, 0) is 10.2 Å². The van der Waals surface area contributed by atoms with Gasteiger partial charge >= 0.3 is 0 Å². The van der Waals surface area contributed by atoms with Crippen LogP contribution in [0.4, 0.5) is 0 Å². The van der Waals surface area contributed by atoms with Crippen LogP contribution < -0.4 is 4.74 Å². The molecule has 2 heteroatoms. The van der Waals surface area contributed by atoms with E-state index in [0.717, 1.165) is 22.4 Å². The lowest BCUT2D eigenvalue weighted by Gasteiger charge is -2.48. The predicted octanol–water partition coefficient (Wildman–Crippen LogP) is 4.10. The number of carbonyl (C=O) groups is 1. The largest absolute Gasteiger partial charge is 0.487 e. The molecule has 1 saturated carbocycles. The molecule has 116 valence electrons. The molecule has 3 atom stereocenters. The summed E-state index contributed by atoms with van der Waals surface area (Å²) in [6, 6.07) is 28.0. The molecule has 0 radical (unpaired) electrons. The zero-order valence-electron chi connectivity index (χ0n) is 13.1. The van der Waals surface area contributed by atoms with Gasteiger partial charge in [0.05, 0.1) is 5.92 Å². The van der Waals surface area contributed by atoms with Gasteiger partial charge < -0.3 is 4.74 Å². The molecule has 1 fully saturated rings. The number of para-hydroxylation sites is 1. The zero-order chi connectivity index (χ0) is 16.1. The first-order valence-electron chi connectivity index (χ1n) is 8.24. The summed E-state index contributed by atoms with van der Waals surface area (Å²) in [4.78, 5) is 13.4. The van der Waals surface area contributed by atoms with Crippen LogP contribution in [0.5, 0.6) is 5.75 Å². The van der Waals surface area contributed by atoms with Crippen molar-refractivity contribution in [1.29, 1.82) is 0 Å². The smallest absolute Gasteiger partial charge is 0.162 e. The van der Waals surface area contributed by atoms with Gasteiger partial charge in [-0.05, 0) is 17.2 Å². The molecule has 0 spiro atoms. The molecule has 3 aromatic rings. The predicted molar refractivity (Wildman–Crippen MR) is 92.3 cm³/mol. The number of ketones is 1. The van der Waals surface area contributed by atoms with Crippen LogP contribution in [0.2, 0.25) is 0 Å². The Hall–Kier alpha value is -2.87. The third kappa shape index (κ3) is 1.53. The molecule has 0 saturated heterocycles. The van der Waals surface area contributed by atoms with Gasteiger partial charge in [0, 0.05) is 5.56 Å². The number of hydrogen-bond donors (Lipinski definition) is 0. The second-order valence-corrected chi connectivity index (χ2v) is 6.46. The van der Waals surface area contributed by atoms with Crippen molar-refractivity contribution in [3.05, 3.63) is 102 Å². The van der Waals surface area contributed by atoms with Crippen molar-refractivity contribution in [2.45, 2.75) is 17.4 Å². The molecule has 5 rings (SSSR count). The second kappa shape index (κ2) is 4.81. The molecule has 3 unspecified atom stereocenters. The average Bonchev–Trinajstić information content (AvgIpc) is 2.94. The number of fused-ring (bicyclic) bond motifs is 3. The SMILES string of the molecule is O=C1C(c2ccccc2)C2Oc3ccccc3C12c1ccccc1. The van der Waals surface area contributed by atoms with Gasteiger partial charge in [-0.15, -0.1) is 0 Å². The van der Waals surface area contributed by atoms with Crippen molar-refractivity contribution in [2.75, 3.05) is 0 Å². The molecule has 0 N–H and O–H groups in total. The maximum absolute atomic E-state index is 13.4. The van der Waals surface area contributed by atoms with Gasteiger partial charge in [0.2, 0.25) is 0 Å². The first-order chi connectivity index (χ1) is 11.8. The van der Waals surface area contributed by atoms with E-state index in [9.17, 15) is 4.79 Å². The van der Waals surface area contributed by atoms with E-state index in [1.165, 1.54) is 0 Å². The van der Waals surface area contributed by atoms with E-state index in [0.29, 0.717) is 0 Å². The van der Waals surface area contributed by atoms with Crippen LogP contribution in [0, 0.1) is 0 Å². The highest BCUT2D eigenvalue weighted by Gasteiger charge is 2.69. The summed E-state index contributed by atoms with van der Waals surface area (Å²) in [5.41, 5.74) is 2.39. The summed E-state index contributed by atoms with van der Waals surface area (Å²) in [6.45, 7) is 0. The van der Waals surface area contributed by atoms with Crippen LogP contribution in [-0.4, -0.2) is 11.9 Å². The number of hydrogen-bond acceptors (Lipinski definition) is 2. The van der Waals surface area contributed by atoms with Crippen molar-refractivity contribution in [1.82, 2.24) is 0 Å². The summed E-state index contributed by atoms with van der Waals surface area (Å²) >= 11 is 0. The molecule has 1 heterocycles. The number of rotatable bonds is 2. The Kier molecular flexibility index (Phi) is 2.72. The normalized spacial score (nSPS) is 26.9. The van der Waals surface area contributed by atoms with Crippen LogP contribution in [0.3, 0.4) is 0 Å². The van der Waals surface area contributed by atoms with Crippen LogP contribution in [0.15, 0.2) is 84.9 Å². The number of ether oxygens (including phenoxy) is 1. The van der Waals surface area contributed by atoms with Crippen molar-refractivity contribution in [3.63, 3.8) is 0 Å². The maximum Gasteiger partial charge on any atom is 0.162 e. The van der Waals surface area contributed by atoms with Crippen LogP contribution in [0.25, 0.3) is 0 Å². The first kappa shape index (κ1) is 13.6. The summed E-state index contributed by atoms with van der Waals surface area (Å²) in [7, 11) is 0. The quantitative estimate of drug-likeness (QED) is 0.712. The monoisotopic (exact) mass is 312 g/mol. The zero-order valence-corrected chi connectivity index (χ0v) is 13.1. The summed E-state index contributed by atoms with van der Waals surface area (Å²) in [5, 5.41) is 0. The highest BCUT2D eigenvalue weighted by atomic mass is 16.5. The Morgan fingerprint density at radius 1 is 0.750 bits per heavy atom. The third-order valence-corrected chi connectivity index (χ3v) is 5.35. The van der Waals surface area contributed by atoms with Gasteiger partial charge in [-0.1, -0.05) is 78.9 Å². The molecular weight excluding hydrogens is 296 g/mol. The van der Waals surface area contributed by atoms with Crippen molar-refractivity contribution < 1.29 is 9.53 Å². The minimum Gasteiger partial charge on any atom is -0.487 e.